The maximum Gasteiger partial charge on any atom is 0.0110 e. The topological polar surface area (TPSA) is 153 Å². The minimum atomic E-state index is 0.349. The summed E-state index contributed by atoms with van der Waals surface area (Å²) >= 11 is 0. The van der Waals surface area contributed by atoms with E-state index in [1.807, 2.05) is 0 Å². The van der Waals surface area contributed by atoms with Gasteiger partial charge in [0.25, 0.3) is 0 Å². The number of rotatable bonds is 30. The zero-order chi connectivity index (χ0) is 32.4. The number of nitrogens with zero attached hydrogens (tertiary/aromatic N) is 4. The van der Waals surface area contributed by atoms with Crippen LogP contribution in [0.3, 0.4) is 0 Å². The fraction of sp³-hybridized carbons (Fsp3) is 1.00. The van der Waals surface area contributed by atoms with E-state index in [0.717, 1.165) is 118 Å². The molecule has 43 heavy (non-hydrogen) atoms. The van der Waals surface area contributed by atoms with E-state index < -0.39 is 0 Å². The van der Waals surface area contributed by atoms with Gasteiger partial charge in [-0.1, -0.05) is 41.5 Å². The van der Waals surface area contributed by atoms with Gasteiger partial charge in [-0.15, -0.1) is 0 Å². The normalized spacial score (nSPS) is 13.0. The van der Waals surface area contributed by atoms with Gasteiger partial charge in [0.1, 0.15) is 0 Å². The number of hydrogen-bond acceptors (Lipinski definition) is 11. The van der Waals surface area contributed by atoms with Gasteiger partial charge in [0, 0.05) is 131 Å². The molecule has 0 aromatic heterocycles. The van der Waals surface area contributed by atoms with Crippen LogP contribution in [0.2, 0.25) is 0 Å². The quantitative estimate of drug-likeness (QED) is 0.0532. The summed E-state index contributed by atoms with van der Waals surface area (Å²) in [5, 5.41) is 10.9. The van der Waals surface area contributed by atoms with E-state index in [0.29, 0.717) is 37.0 Å². The summed E-state index contributed by atoms with van der Waals surface area (Å²) in [5.41, 5.74) is 24.1. The van der Waals surface area contributed by atoms with Crippen molar-refractivity contribution in [1.82, 2.24) is 35.6 Å². The van der Waals surface area contributed by atoms with E-state index >= 15 is 0 Å². The van der Waals surface area contributed by atoms with E-state index in [2.05, 4.69) is 77.1 Å². The summed E-state index contributed by atoms with van der Waals surface area (Å²) in [6.45, 7) is 34.6. The zero-order valence-electron chi connectivity index (χ0n) is 29.6. The Bertz CT molecular complexity index is 589. The third-order valence-corrected chi connectivity index (χ3v) is 7.77. The van der Waals surface area contributed by atoms with Crippen molar-refractivity contribution in [2.24, 2.45) is 33.8 Å². The van der Waals surface area contributed by atoms with Gasteiger partial charge in [-0.3, -0.25) is 14.7 Å². The van der Waals surface area contributed by atoms with Gasteiger partial charge in [0.05, 0.1) is 0 Å². The summed E-state index contributed by atoms with van der Waals surface area (Å²) in [7, 11) is 0. The highest BCUT2D eigenvalue weighted by Gasteiger charge is 2.14. The smallest absolute Gasteiger partial charge is 0.0110 e. The van der Waals surface area contributed by atoms with Crippen molar-refractivity contribution in [3.05, 3.63) is 0 Å². The van der Waals surface area contributed by atoms with E-state index in [-0.39, 0.29) is 0 Å². The maximum absolute atomic E-state index is 5.89. The summed E-state index contributed by atoms with van der Waals surface area (Å²) in [6, 6.07) is 0. The molecular formula is C32H77N11. The predicted molar refractivity (Wildman–Crippen MR) is 189 cm³/mol. The second kappa shape index (κ2) is 26.7. The summed E-state index contributed by atoms with van der Waals surface area (Å²) in [6.07, 6.45) is 2.38. The Balaban J connectivity index is 4.95. The Labute approximate surface area is 267 Å². The lowest BCUT2D eigenvalue weighted by Crippen LogP contribution is -2.46. The van der Waals surface area contributed by atoms with Crippen LogP contribution in [0.5, 0.6) is 0 Å². The molecule has 0 heterocycles. The van der Waals surface area contributed by atoms with Gasteiger partial charge in [0.15, 0.2) is 0 Å². The minimum absolute atomic E-state index is 0.349. The van der Waals surface area contributed by atoms with E-state index in [1.54, 1.807) is 0 Å². The Kier molecular flexibility index (Phi) is 26.5. The summed E-state index contributed by atoms with van der Waals surface area (Å²) in [4.78, 5) is 10.1. The van der Waals surface area contributed by atoms with Gasteiger partial charge < -0.3 is 43.8 Å². The Morgan fingerprint density at radius 3 is 1.05 bits per heavy atom. The van der Waals surface area contributed by atoms with Crippen molar-refractivity contribution in [2.75, 3.05) is 144 Å². The second-order valence-electron chi connectivity index (χ2n) is 14.4. The molecule has 0 rings (SSSR count). The highest BCUT2D eigenvalue weighted by Crippen LogP contribution is 2.18. The van der Waals surface area contributed by atoms with Crippen LogP contribution in [0.1, 0.15) is 54.4 Å². The first-order valence-electron chi connectivity index (χ1n) is 17.3. The molecule has 11 N–H and O–H groups in total. The third-order valence-electron chi connectivity index (χ3n) is 7.77. The number of nitrogens with two attached hydrogens (primary N) is 4. The lowest BCUT2D eigenvalue weighted by atomic mass is 9.92. The highest BCUT2D eigenvalue weighted by molar-refractivity contribution is 4.72. The summed E-state index contributed by atoms with van der Waals surface area (Å²) < 4.78 is 0. The lowest BCUT2D eigenvalue weighted by Gasteiger charge is -2.30. The standard InChI is InChI=1S/C32H77N11/c1-31(2,3)7-13-37-15-26-43(29-27-41(21-11-35)22-12-36)30-28-42(24-16-38-14-9-33)25-18-39-17-23-40(20-10-34)19-8-32(4,5)6/h37-39H,7-30,33-36H2,1-6H3. The first kappa shape index (κ1) is 42.6. The molecule has 0 aromatic carbocycles. The predicted octanol–water partition coefficient (Wildman–Crippen LogP) is -0.330. The molecule has 0 saturated heterocycles. The van der Waals surface area contributed by atoms with Crippen LogP contribution in [0.4, 0.5) is 0 Å². The Morgan fingerprint density at radius 2 is 0.674 bits per heavy atom. The molecule has 0 amide bonds. The van der Waals surface area contributed by atoms with Gasteiger partial charge >= 0.3 is 0 Å². The number of nitrogens with one attached hydrogen (secondary N) is 3. The summed E-state index contributed by atoms with van der Waals surface area (Å²) in [5.74, 6) is 0. The molecule has 0 unspecified atom stereocenters. The molecule has 0 saturated carbocycles. The van der Waals surface area contributed by atoms with Crippen LogP contribution in [-0.2, 0) is 0 Å². The molecule has 11 heteroatoms. The van der Waals surface area contributed by atoms with Crippen molar-refractivity contribution in [3.63, 3.8) is 0 Å². The lowest BCUT2D eigenvalue weighted by molar-refractivity contribution is 0.177. The van der Waals surface area contributed by atoms with E-state index in [9.17, 15) is 0 Å². The average molecular weight is 616 g/mol. The maximum atomic E-state index is 5.89. The van der Waals surface area contributed by atoms with Crippen LogP contribution >= 0.6 is 0 Å². The van der Waals surface area contributed by atoms with Crippen LogP contribution in [0.15, 0.2) is 0 Å². The van der Waals surface area contributed by atoms with Gasteiger partial charge in [-0.25, -0.2) is 0 Å². The van der Waals surface area contributed by atoms with Crippen LogP contribution < -0.4 is 38.9 Å². The molecule has 0 fully saturated rings. The zero-order valence-corrected chi connectivity index (χ0v) is 29.6. The second-order valence-corrected chi connectivity index (χ2v) is 14.4. The minimum Gasteiger partial charge on any atom is -0.329 e. The molecule has 0 aliphatic heterocycles. The molecule has 11 nitrogen and oxygen atoms in total. The fourth-order valence-electron chi connectivity index (χ4n) is 4.84. The van der Waals surface area contributed by atoms with Crippen molar-refractivity contribution in [1.29, 1.82) is 0 Å². The monoisotopic (exact) mass is 616 g/mol. The van der Waals surface area contributed by atoms with Gasteiger partial charge in [-0.2, -0.15) is 0 Å². The van der Waals surface area contributed by atoms with Crippen molar-refractivity contribution >= 4 is 0 Å². The van der Waals surface area contributed by atoms with E-state index in [1.165, 1.54) is 12.8 Å². The van der Waals surface area contributed by atoms with Crippen LogP contribution in [0, 0.1) is 10.8 Å². The van der Waals surface area contributed by atoms with Crippen molar-refractivity contribution in [3.8, 4) is 0 Å². The first-order chi connectivity index (χ1) is 20.4. The third kappa shape index (κ3) is 28.8. The van der Waals surface area contributed by atoms with E-state index in [4.69, 9.17) is 22.9 Å². The Hall–Kier alpha value is -0.440. The molecule has 0 radical (unpaired) electrons. The molecule has 0 aliphatic carbocycles. The highest BCUT2D eigenvalue weighted by atomic mass is 15.2. The SMILES string of the molecule is CC(C)(C)CCNCCN(CCN(CCN)CCN)CCN(CCNCCN)CCNCCN(CCN)CCC(C)(C)C. The first-order valence-corrected chi connectivity index (χ1v) is 17.3. The van der Waals surface area contributed by atoms with Gasteiger partial charge in [0.2, 0.25) is 0 Å². The van der Waals surface area contributed by atoms with Crippen LogP contribution in [-0.4, -0.2) is 164 Å². The molecular weight excluding hydrogens is 538 g/mol. The molecule has 0 aliphatic rings. The molecule has 260 valence electrons. The van der Waals surface area contributed by atoms with Crippen LogP contribution in [0.25, 0.3) is 0 Å². The average Bonchev–Trinajstić information content (AvgIpc) is 2.93. The molecule has 0 aromatic rings. The van der Waals surface area contributed by atoms with Crippen molar-refractivity contribution in [2.45, 2.75) is 54.4 Å². The Morgan fingerprint density at radius 1 is 0.349 bits per heavy atom. The number of hydrogen-bond donors (Lipinski definition) is 7. The fourth-order valence-corrected chi connectivity index (χ4v) is 4.84. The van der Waals surface area contributed by atoms with Gasteiger partial charge in [-0.05, 0) is 36.8 Å². The molecule has 0 spiro atoms. The molecule has 0 atom stereocenters. The van der Waals surface area contributed by atoms with Crippen molar-refractivity contribution < 1.29 is 0 Å². The largest absolute Gasteiger partial charge is 0.329 e. The molecule has 0 bridgehead atoms.